The van der Waals surface area contributed by atoms with Crippen LogP contribution in [0.25, 0.3) is 0 Å². The molecule has 2 aromatic rings. The highest BCUT2D eigenvalue weighted by atomic mass is 19.1. The number of esters is 2. The maximum atomic E-state index is 13.1. The van der Waals surface area contributed by atoms with Crippen LogP contribution < -0.4 is 5.32 Å². The summed E-state index contributed by atoms with van der Waals surface area (Å²) >= 11 is 0. The number of amides is 1. The fraction of sp³-hybridized carbons (Fsp3) is 0.211. The number of carbonyl (C=O) groups is 3. The van der Waals surface area contributed by atoms with Gasteiger partial charge in [-0.05, 0) is 17.7 Å². The lowest BCUT2D eigenvalue weighted by molar-refractivity contribution is -0.145. The summed E-state index contributed by atoms with van der Waals surface area (Å²) in [5.74, 6) is -4.38. The van der Waals surface area contributed by atoms with Crippen molar-refractivity contribution in [3.8, 4) is 0 Å². The lowest BCUT2D eigenvalue weighted by Crippen LogP contribution is -2.44. The van der Waals surface area contributed by atoms with Gasteiger partial charge >= 0.3 is 11.9 Å². The molecule has 0 heterocycles. The van der Waals surface area contributed by atoms with Crippen LogP contribution in [0, 0.1) is 11.6 Å². The third-order valence-electron chi connectivity index (χ3n) is 3.54. The van der Waals surface area contributed by atoms with Gasteiger partial charge in [-0.25, -0.2) is 18.4 Å². The molecule has 0 bridgehead atoms. The van der Waals surface area contributed by atoms with Crippen LogP contribution in [0.4, 0.5) is 8.78 Å². The molecular weight excluding hydrogens is 360 g/mol. The smallest absolute Gasteiger partial charge is 0.338 e. The monoisotopic (exact) mass is 377 g/mol. The summed E-state index contributed by atoms with van der Waals surface area (Å²) in [5, 5.41) is 2.41. The number of methoxy groups -OCH3 is 1. The fourth-order valence-electron chi connectivity index (χ4n) is 2.31. The van der Waals surface area contributed by atoms with Gasteiger partial charge in [0.15, 0.2) is 6.61 Å². The first-order valence-corrected chi connectivity index (χ1v) is 7.93. The zero-order chi connectivity index (χ0) is 19.8. The summed E-state index contributed by atoms with van der Waals surface area (Å²) in [6.45, 7) is -0.723. The largest absolute Gasteiger partial charge is 0.467 e. The van der Waals surface area contributed by atoms with Crippen LogP contribution in [-0.4, -0.2) is 37.6 Å². The molecule has 0 radical (unpaired) electrons. The minimum absolute atomic E-state index is 0.183. The highest BCUT2D eigenvalue weighted by Gasteiger charge is 2.22. The molecule has 1 atom stereocenters. The van der Waals surface area contributed by atoms with Gasteiger partial charge in [0.25, 0.3) is 5.91 Å². The quantitative estimate of drug-likeness (QED) is 0.747. The van der Waals surface area contributed by atoms with Crippen molar-refractivity contribution < 1.29 is 32.6 Å². The van der Waals surface area contributed by atoms with E-state index in [0.717, 1.165) is 17.7 Å². The normalized spacial score (nSPS) is 11.4. The van der Waals surface area contributed by atoms with Crippen molar-refractivity contribution in [3.63, 3.8) is 0 Å². The third kappa shape index (κ3) is 6.18. The average molecular weight is 377 g/mol. The summed E-state index contributed by atoms with van der Waals surface area (Å²) in [5.41, 5.74) is 0.425. The van der Waals surface area contributed by atoms with E-state index in [0.29, 0.717) is 6.07 Å². The van der Waals surface area contributed by atoms with Crippen molar-refractivity contribution in [2.45, 2.75) is 12.5 Å². The van der Waals surface area contributed by atoms with E-state index in [1.54, 1.807) is 24.3 Å². The number of hydrogen-bond donors (Lipinski definition) is 1. The van der Waals surface area contributed by atoms with Crippen LogP contribution in [-0.2, 0) is 25.5 Å². The molecule has 0 saturated heterocycles. The molecule has 0 aliphatic heterocycles. The van der Waals surface area contributed by atoms with Crippen LogP contribution >= 0.6 is 0 Å². The lowest BCUT2D eigenvalue weighted by Gasteiger charge is -2.16. The molecule has 0 saturated carbocycles. The Balaban J connectivity index is 1.94. The van der Waals surface area contributed by atoms with Crippen LogP contribution in [0.15, 0.2) is 48.5 Å². The topological polar surface area (TPSA) is 81.7 Å². The summed E-state index contributed by atoms with van der Waals surface area (Å²) in [7, 11) is 1.19. The first kappa shape index (κ1) is 20.0. The number of ether oxygens (including phenoxy) is 2. The van der Waals surface area contributed by atoms with Gasteiger partial charge in [0.05, 0.1) is 12.7 Å². The molecule has 0 spiro atoms. The molecule has 0 aliphatic rings. The Morgan fingerprint density at radius 1 is 1.04 bits per heavy atom. The highest BCUT2D eigenvalue weighted by molar-refractivity contribution is 5.92. The fourth-order valence-corrected chi connectivity index (χ4v) is 2.31. The van der Waals surface area contributed by atoms with E-state index in [4.69, 9.17) is 4.74 Å². The van der Waals surface area contributed by atoms with Crippen LogP contribution in [0.2, 0.25) is 0 Å². The number of benzene rings is 2. The predicted octanol–water partition coefficient (Wildman–Crippen LogP) is 2.02. The van der Waals surface area contributed by atoms with E-state index in [1.807, 2.05) is 6.07 Å². The van der Waals surface area contributed by atoms with E-state index in [-0.39, 0.29) is 12.0 Å². The third-order valence-corrected chi connectivity index (χ3v) is 3.54. The number of nitrogens with one attached hydrogen (secondary N) is 1. The molecule has 27 heavy (non-hydrogen) atoms. The van der Waals surface area contributed by atoms with Gasteiger partial charge in [0.2, 0.25) is 0 Å². The minimum Gasteiger partial charge on any atom is -0.467 e. The Hall–Kier alpha value is -3.29. The van der Waals surface area contributed by atoms with Gasteiger partial charge < -0.3 is 14.8 Å². The molecule has 0 fully saturated rings. The van der Waals surface area contributed by atoms with Crippen molar-refractivity contribution in [2.24, 2.45) is 0 Å². The number of hydrogen-bond acceptors (Lipinski definition) is 5. The lowest BCUT2D eigenvalue weighted by atomic mass is 10.1. The summed E-state index contributed by atoms with van der Waals surface area (Å²) in [4.78, 5) is 35.6. The summed E-state index contributed by atoms with van der Waals surface area (Å²) in [6.07, 6.45) is 0.183. The molecule has 2 aromatic carbocycles. The average Bonchev–Trinajstić information content (AvgIpc) is 2.65. The Morgan fingerprint density at radius 3 is 2.26 bits per heavy atom. The Morgan fingerprint density at radius 2 is 1.67 bits per heavy atom. The molecule has 8 heteroatoms. The van der Waals surface area contributed by atoms with Crippen molar-refractivity contribution in [1.82, 2.24) is 5.32 Å². The van der Waals surface area contributed by atoms with Crippen molar-refractivity contribution in [3.05, 3.63) is 71.3 Å². The van der Waals surface area contributed by atoms with Gasteiger partial charge in [-0.3, -0.25) is 4.79 Å². The van der Waals surface area contributed by atoms with E-state index in [1.165, 1.54) is 7.11 Å². The number of carbonyl (C=O) groups excluding carboxylic acids is 3. The maximum absolute atomic E-state index is 13.1. The van der Waals surface area contributed by atoms with Gasteiger partial charge in [0.1, 0.15) is 17.7 Å². The number of rotatable bonds is 7. The van der Waals surface area contributed by atoms with Crippen LogP contribution in [0.3, 0.4) is 0 Å². The Bertz CT molecular complexity index is 806. The Kier molecular flexibility index (Phi) is 6.99. The molecule has 0 aromatic heterocycles. The van der Waals surface area contributed by atoms with Gasteiger partial charge in [-0.2, -0.15) is 0 Å². The molecular formula is C19H17F2NO5. The summed E-state index contributed by atoms with van der Waals surface area (Å²) in [6, 6.07) is 10.1. The zero-order valence-electron chi connectivity index (χ0n) is 14.4. The molecule has 1 N–H and O–H groups in total. The standard InChI is InChI=1S/C19H17F2NO5/c1-26-19(25)16(7-12-5-3-2-4-6-12)22-17(23)11-27-18(24)13-8-14(20)10-15(21)9-13/h2-6,8-10,16H,7,11H2,1H3,(H,22,23)/t16-/m1/s1. The molecule has 142 valence electrons. The van der Waals surface area contributed by atoms with E-state index < -0.39 is 42.1 Å². The second-order valence-corrected chi connectivity index (χ2v) is 5.57. The van der Waals surface area contributed by atoms with Gasteiger partial charge in [-0.15, -0.1) is 0 Å². The Labute approximate surface area is 154 Å². The second-order valence-electron chi connectivity index (χ2n) is 5.57. The molecule has 1 amide bonds. The zero-order valence-corrected chi connectivity index (χ0v) is 14.4. The van der Waals surface area contributed by atoms with Crippen LogP contribution in [0.1, 0.15) is 15.9 Å². The van der Waals surface area contributed by atoms with E-state index in [9.17, 15) is 23.2 Å². The highest BCUT2D eigenvalue weighted by Crippen LogP contribution is 2.09. The van der Waals surface area contributed by atoms with E-state index >= 15 is 0 Å². The van der Waals surface area contributed by atoms with Crippen molar-refractivity contribution in [2.75, 3.05) is 13.7 Å². The van der Waals surface area contributed by atoms with Crippen molar-refractivity contribution >= 4 is 17.8 Å². The van der Waals surface area contributed by atoms with Gasteiger partial charge in [0, 0.05) is 12.5 Å². The first-order valence-electron chi connectivity index (χ1n) is 7.93. The summed E-state index contributed by atoms with van der Waals surface area (Å²) < 4.78 is 35.6. The molecule has 0 aliphatic carbocycles. The second kappa shape index (κ2) is 9.42. The predicted molar refractivity (Wildman–Crippen MR) is 90.7 cm³/mol. The number of halogens is 2. The minimum atomic E-state index is -1.07. The SMILES string of the molecule is COC(=O)[C@@H](Cc1ccccc1)NC(=O)COC(=O)c1cc(F)cc(F)c1. The molecule has 6 nitrogen and oxygen atoms in total. The molecule has 2 rings (SSSR count). The maximum Gasteiger partial charge on any atom is 0.338 e. The van der Waals surface area contributed by atoms with Crippen LogP contribution in [0.5, 0.6) is 0 Å². The first-order chi connectivity index (χ1) is 12.9. The van der Waals surface area contributed by atoms with Gasteiger partial charge in [-0.1, -0.05) is 30.3 Å². The molecule has 0 unspecified atom stereocenters. The van der Waals surface area contributed by atoms with Crippen molar-refractivity contribution in [1.29, 1.82) is 0 Å². The van der Waals surface area contributed by atoms with E-state index in [2.05, 4.69) is 10.1 Å².